The molecular formula is C15H23N3O2. The van der Waals surface area contributed by atoms with E-state index in [2.05, 4.69) is 10.3 Å². The van der Waals surface area contributed by atoms with Crippen molar-refractivity contribution >= 4 is 5.91 Å². The Morgan fingerprint density at radius 1 is 1.45 bits per heavy atom. The maximum Gasteiger partial charge on any atom is 0.238 e. The van der Waals surface area contributed by atoms with Crippen LogP contribution in [0.25, 0.3) is 0 Å². The van der Waals surface area contributed by atoms with Gasteiger partial charge in [-0.1, -0.05) is 24.3 Å². The van der Waals surface area contributed by atoms with E-state index in [0.29, 0.717) is 6.54 Å². The SMILES string of the molecule is CC1(O)CCCN(Cc2ccccc2CC(=O)NN)C1. The summed E-state index contributed by atoms with van der Waals surface area (Å²) in [5, 5.41) is 10.2. The number of piperidine rings is 1. The van der Waals surface area contributed by atoms with Crippen molar-refractivity contribution in [3.63, 3.8) is 0 Å². The Hall–Kier alpha value is -1.43. The third kappa shape index (κ3) is 4.03. The van der Waals surface area contributed by atoms with Gasteiger partial charge < -0.3 is 5.11 Å². The van der Waals surface area contributed by atoms with Gasteiger partial charge in [0.2, 0.25) is 5.91 Å². The molecule has 2 rings (SSSR count). The number of carbonyl (C=O) groups excluding carboxylic acids is 1. The molecule has 5 nitrogen and oxygen atoms in total. The van der Waals surface area contributed by atoms with E-state index in [1.807, 2.05) is 31.2 Å². The predicted molar refractivity (Wildman–Crippen MR) is 77.6 cm³/mol. The first kappa shape index (κ1) is 15.0. The molecule has 1 unspecified atom stereocenters. The Kier molecular flexibility index (Phi) is 4.75. The number of carbonyl (C=O) groups is 1. The fourth-order valence-corrected chi connectivity index (χ4v) is 2.81. The van der Waals surface area contributed by atoms with Crippen molar-refractivity contribution in [2.75, 3.05) is 13.1 Å². The van der Waals surface area contributed by atoms with E-state index in [9.17, 15) is 9.90 Å². The van der Waals surface area contributed by atoms with Crippen LogP contribution in [0.3, 0.4) is 0 Å². The summed E-state index contributed by atoms with van der Waals surface area (Å²) in [7, 11) is 0. The maximum absolute atomic E-state index is 11.4. The second-order valence-electron chi connectivity index (χ2n) is 5.82. The first-order chi connectivity index (χ1) is 9.50. The van der Waals surface area contributed by atoms with E-state index in [-0.39, 0.29) is 12.3 Å². The molecule has 110 valence electrons. The van der Waals surface area contributed by atoms with E-state index in [1.165, 1.54) is 0 Å². The van der Waals surface area contributed by atoms with Gasteiger partial charge in [0.15, 0.2) is 0 Å². The molecular weight excluding hydrogens is 254 g/mol. The van der Waals surface area contributed by atoms with Gasteiger partial charge in [0.1, 0.15) is 0 Å². The van der Waals surface area contributed by atoms with Gasteiger partial charge in [0.05, 0.1) is 12.0 Å². The van der Waals surface area contributed by atoms with E-state index in [4.69, 9.17) is 5.84 Å². The third-order valence-corrected chi connectivity index (χ3v) is 3.78. The molecule has 4 N–H and O–H groups in total. The average molecular weight is 277 g/mol. The molecule has 0 radical (unpaired) electrons. The molecule has 0 spiro atoms. The fourth-order valence-electron chi connectivity index (χ4n) is 2.81. The van der Waals surface area contributed by atoms with Gasteiger partial charge in [0.25, 0.3) is 0 Å². The number of nitrogens with one attached hydrogen (secondary N) is 1. The Labute approximate surface area is 119 Å². The van der Waals surface area contributed by atoms with E-state index < -0.39 is 5.60 Å². The highest BCUT2D eigenvalue weighted by Gasteiger charge is 2.28. The summed E-state index contributed by atoms with van der Waals surface area (Å²) in [5.74, 6) is 4.96. The van der Waals surface area contributed by atoms with Gasteiger partial charge in [0, 0.05) is 13.1 Å². The standard InChI is InChI=1S/C15H23N3O2/c1-15(20)7-4-8-18(11-15)10-13-6-3-2-5-12(13)9-14(19)17-16/h2-3,5-6,20H,4,7-11,16H2,1H3,(H,17,19). The molecule has 1 aliphatic heterocycles. The van der Waals surface area contributed by atoms with E-state index >= 15 is 0 Å². The number of hydrogen-bond acceptors (Lipinski definition) is 4. The second-order valence-corrected chi connectivity index (χ2v) is 5.82. The molecule has 0 bridgehead atoms. The number of hydrazine groups is 1. The molecule has 1 heterocycles. The van der Waals surface area contributed by atoms with Crippen LogP contribution in [-0.4, -0.2) is 34.6 Å². The molecule has 1 fully saturated rings. The molecule has 1 aromatic rings. The molecule has 1 saturated heterocycles. The number of nitrogens with two attached hydrogens (primary N) is 1. The Bertz CT molecular complexity index is 474. The number of amides is 1. The average Bonchev–Trinajstić information content (AvgIpc) is 2.39. The van der Waals surface area contributed by atoms with Crippen LogP contribution >= 0.6 is 0 Å². The van der Waals surface area contributed by atoms with Gasteiger partial charge in [-0.2, -0.15) is 0 Å². The molecule has 1 aromatic carbocycles. The zero-order valence-electron chi connectivity index (χ0n) is 11.9. The minimum Gasteiger partial charge on any atom is -0.389 e. The van der Waals surface area contributed by atoms with Gasteiger partial charge in [-0.15, -0.1) is 0 Å². The zero-order chi connectivity index (χ0) is 14.6. The van der Waals surface area contributed by atoms with Crippen molar-refractivity contribution in [2.24, 2.45) is 5.84 Å². The topological polar surface area (TPSA) is 78.6 Å². The Morgan fingerprint density at radius 3 is 2.80 bits per heavy atom. The summed E-state index contributed by atoms with van der Waals surface area (Å²) in [6.07, 6.45) is 2.14. The highest BCUT2D eigenvalue weighted by atomic mass is 16.3. The number of aliphatic hydroxyl groups is 1. The number of likely N-dealkylation sites (tertiary alicyclic amines) is 1. The van der Waals surface area contributed by atoms with Crippen molar-refractivity contribution in [2.45, 2.75) is 38.3 Å². The van der Waals surface area contributed by atoms with Crippen LogP contribution in [0.5, 0.6) is 0 Å². The monoisotopic (exact) mass is 277 g/mol. The Balaban J connectivity index is 2.07. The summed E-state index contributed by atoms with van der Waals surface area (Å²) >= 11 is 0. The third-order valence-electron chi connectivity index (χ3n) is 3.78. The van der Waals surface area contributed by atoms with Crippen LogP contribution in [0.4, 0.5) is 0 Å². The molecule has 5 heteroatoms. The second kappa shape index (κ2) is 6.35. The van der Waals surface area contributed by atoms with Crippen LogP contribution in [-0.2, 0) is 17.8 Å². The quantitative estimate of drug-likeness (QED) is 0.427. The molecule has 1 amide bonds. The molecule has 0 aliphatic carbocycles. The summed E-state index contributed by atoms with van der Waals surface area (Å²) in [5.41, 5.74) is 3.66. The van der Waals surface area contributed by atoms with E-state index in [1.54, 1.807) is 0 Å². The maximum atomic E-state index is 11.4. The summed E-state index contributed by atoms with van der Waals surface area (Å²) < 4.78 is 0. The molecule has 0 aromatic heterocycles. The molecule has 1 atom stereocenters. The number of hydrogen-bond donors (Lipinski definition) is 3. The number of rotatable bonds is 4. The van der Waals surface area contributed by atoms with Crippen LogP contribution in [0, 0.1) is 0 Å². The lowest BCUT2D eigenvalue weighted by molar-refractivity contribution is -0.120. The minimum absolute atomic E-state index is 0.192. The molecule has 20 heavy (non-hydrogen) atoms. The smallest absolute Gasteiger partial charge is 0.238 e. The summed E-state index contributed by atoms with van der Waals surface area (Å²) in [6.45, 7) is 4.29. The van der Waals surface area contributed by atoms with Crippen LogP contribution in [0.15, 0.2) is 24.3 Å². The Morgan fingerprint density at radius 2 is 2.15 bits per heavy atom. The first-order valence-corrected chi connectivity index (χ1v) is 7.01. The first-order valence-electron chi connectivity index (χ1n) is 7.01. The van der Waals surface area contributed by atoms with Crippen molar-refractivity contribution in [1.82, 2.24) is 10.3 Å². The fraction of sp³-hybridized carbons (Fsp3) is 0.533. The van der Waals surface area contributed by atoms with Gasteiger partial charge in [-0.25, -0.2) is 5.84 Å². The summed E-state index contributed by atoms with van der Waals surface area (Å²) in [6, 6.07) is 7.88. The van der Waals surface area contributed by atoms with Crippen molar-refractivity contribution in [3.8, 4) is 0 Å². The highest BCUT2D eigenvalue weighted by molar-refractivity contribution is 5.78. The van der Waals surface area contributed by atoms with Crippen molar-refractivity contribution in [1.29, 1.82) is 0 Å². The number of benzene rings is 1. The normalized spacial score (nSPS) is 23.6. The number of β-amino-alcohol motifs (C(OH)–C–C–N with tert-alkyl or cyclic N) is 1. The van der Waals surface area contributed by atoms with Gasteiger partial charge in [-0.3, -0.25) is 15.1 Å². The van der Waals surface area contributed by atoms with E-state index in [0.717, 1.165) is 37.1 Å². The minimum atomic E-state index is -0.609. The molecule has 1 aliphatic rings. The lowest BCUT2D eigenvalue weighted by atomic mass is 9.94. The largest absolute Gasteiger partial charge is 0.389 e. The van der Waals surface area contributed by atoms with Gasteiger partial charge in [-0.05, 0) is 37.4 Å². The lowest BCUT2D eigenvalue weighted by Crippen LogP contribution is -2.45. The lowest BCUT2D eigenvalue weighted by Gasteiger charge is -2.37. The van der Waals surface area contributed by atoms with Crippen LogP contribution in [0.1, 0.15) is 30.9 Å². The zero-order valence-corrected chi connectivity index (χ0v) is 11.9. The predicted octanol–water partition coefficient (Wildman–Crippen LogP) is 0.566. The van der Waals surface area contributed by atoms with Crippen LogP contribution < -0.4 is 11.3 Å². The highest BCUT2D eigenvalue weighted by Crippen LogP contribution is 2.22. The van der Waals surface area contributed by atoms with Crippen molar-refractivity contribution < 1.29 is 9.90 Å². The number of nitrogens with zero attached hydrogens (tertiary/aromatic N) is 1. The summed E-state index contributed by atoms with van der Waals surface area (Å²) in [4.78, 5) is 13.7. The molecule has 0 saturated carbocycles. The van der Waals surface area contributed by atoms with Crippen LogP contribution in [0.2, 0.25) is 0 Å². The van der Waals surface area contributed by atoms with Gasteiger partial charge >= 0.3 is 0 Å². The van der Waals surface area contributed by atoms with Crippen molar-refractivity contribution in [3.05, 3.63) is 35.4 Å².